The van der Waals surface area contributed by atoms with Crippen LogP contribution in [0, 0.1) is 0 Å². The quantitative estimate of drug-likeness (QED) is 0.0755. The highest BCUT2D eigenvalue weighted by Crippen LogP contribution is 2.44. The van der Waals surface area contributed by atoms with E-state index < -0.39 is 12.2 Å². The van der Waals surface area contributed by atoms with Crippen LogP contribution < -0.4 is 10.6 Å². The minimum absolute atomic E-state index is 0.0309. The van der Waals surface area contributed by atoms with E-state index in [1.807, 2.05) is 54.6 Å². The lowest BCUT2D eigenvalue weighted by atomic mass is 9.98. The summed E-state index contributed by atoms with van der Waals surface area (Å²) in [4.78, 5) is 23.9. The van der Waals surface area contributed by atoms with Gasteiger partial charge in [-0.1, -0.05) is 78.9 Å². The van der Waals surface area contributed by atoms with E-state index in [4.69, 9.17) is 61.6 Å². The van der Waals surface area contributed by atoms with Crippen LogP contribution in [0.25, 0.3) is 11.1 Å². The molecule has 0 saturated carbocycles. The third kappa shape index (κ3) is 24.2. The maximum Gasteiger partial charge on any atom is 0.407 e. The molecule has 0 bridgehead atoms. The molecule has 0 fully saturated rings. The molecule has 17 nitrogen and oxygen atoms in total. The van der Waals surface area contributed by atoms with Crippen LogP contribution in [0.15, 0.2) is 78.9 Å². The molecule has 0 atom stereocenters. The summed E-state index contributed by atoms with van der Waals surface area (Å²) >= 11 is 0. The van der Waals surface area contributed by atoms with Crippen molar-refractivity contribution in [3.05, 3.63) is 95.6 Å². The van der Waals surface area contributed by atoms with E-state index in [1.54, 1.807) is 0 Å². The number of hydrogen-bond donors (Lipinski definition) is 2. The molecule has 356 valence electrons. The van der Waals surface area contributed by atoms with Crippen molar-refractivity contribution < 1.29 is 71.2 Å². The number of nitrogens with one attached hydrogen (secondary N) is 2. The zero-order chi connectivity index (χ0) is 44.8. The van der Waals surface area contributed by atoms with Gasteiger partial charge in [-0.15, -0.1) is 0 Å². The topological polar surface area (TPSA) is 178 Å². The number of alkyl carbamates (subject to hydrolysis) is 2. The Hall–Kier alpha value is -4.24. The molecule has 1 aliphatic rings. The van der Waals surface area contributed by atoms with Crippen LogP contribution in [0.3, 0.4) is 0 Å². The first-order valence-electron chi connectivity index (χ1n) is 22.1. The fourth-order valence-corrected chi connectivity index (χ4v) is 6.18. The molecule has 0 aromatic heterocycles. The maximum absolute atomic E-state index is 12.3. The Morgan fingerprint density at radius 3 is 1.02 bits per heavy atom. The number of ether oxygens (including phenoxy) is 13. The number of carbonyl (C=O) groups is 2. The number of hydrogen-bond acceptors (Lipinski definition) is 15. The lowest BCUT2D eigenvalue weighted by Crippen LogP contribution is -2.29. The van der Waals surface area contributed by atoms with Gasteiger partial charge >= 0.3 is 12.2 Å². The fraction of sp³-hybridized carbons (Fsp3) is 0.574. The minimum Gasteiger partial charge on any atom is -0.449 e. The molecule has 2 amide bonds. The van der Waals surface area contributed by atoms with Crippen LogP contribution in [-0.4, -0.2) is 177 Å². The van der Waals surface area contributed by atoms with Crippen molar-refractivity contribution in [1.29, 1.82) is 0 Å². The van der Waals surface area contributed by atoms with Gasteiger partial charge in [0.1, 0.15) is 13.2 Å². The monoisotopic (exact) mass is 900 g/mol. The van der Waals surface area contributed by atoms with Gasteiger partial charge in [0.2, 0.25) is 0 Å². The highest BCUT2D eigenvalue weighted by molar-refractivity contribution is 5.79. The fourth-order valence-electron chi connectivity index (χ4n) is 6.18. The summed E-state index contributed by atoms with van der Waals surface area (Å²) in [6, 6.07) is 26.0. The zero-order valence-corrected chi connectivity index (χ0v) is 37.1. The normalized spacial score (nSPS) is 11.9. The summed E-state index contributed by atoms with van der Waals surface area (Å²) in [6.45, 7) is 11.2. The van der Waals surface area contributed by atoms with Gasteiger partial charge in [0, 0.05) is 19.0 Å². The van der Waals surface area contributed by atoms with Crippen molar-refractivity contribution in [3.63, 3.8) is 0 Å². The molecule has 3 aromatic carbocycles. The molecule has 2 N–H and O–H groups in total. The minimum atomic E-state index is -0.474. The van der Waals surface area contributed by atoms with E-state index in [0.717, 1.165) is 5.56 Å². The molecule has 0 spiro atoms. The van der Waals surface area contributed by atoms with Gasteiger partial charge in [-0.2, -0.15) is 0 Å². The maximum atomic E-state index is 12.3. The Kier molecular flexibility index (Phi) is 29.5. The second-order valence-corrected chi connectivity index (χ2v) is 14.0. The van der Waals surface area contributed by atoms with Gasteiger partial charge in [0.15, 0.2) is 0 Å². The first-order valence-corrected chi connectivity index (χ1v) is 22.1. The Bertz CT molecular complexity index is 1580. The predicted molar refractivity (Wildman–Crippen MR) is 237 cm³/mol. The van der Waals surface area contributed by atoms with Crippen LogP contribution >= 0.6 is 0 Å². The second-order valence-electron chi connectivity index (χ2n) is 14.0. The van der Waals surface area contributed by atoms with Crippen molar-refractivity contribution in [1.82, 2.24) is 10.6 Å². The molecule has 17 heteroatoms. The number of amides is 2. The lowest BCUT2D eigenvalue weighted by molar-refractivity contribution is -0.0274. The van der Waals surface area contributed by atoms with Gasteiger partial charge in [0.05, 0.1) is 145 Å². The number of fused-ring (bicyclic) bond motifs is 3. The van der Waals surface area contributed by atoms with Crippen molar-refractivity contribution in [2.75, 3.05) is 165 Å². The van der Waals surface area contributed by atoms with Crippen LogP contribution in [0.1, 0.15) is 22.6 Å². The van der Waals surface area contributed by atoms with E-state index >= 15 is 0 Å². The molecule has 1 aliphatic carbocycles. The van der Waals surface area contributed by atoms with Crippen LogP contribution in [0.2, 0.25) is 0 Å². The van der Waals surface area contributed by atoms with Crippen LogP contribution in [0.4, 0.5) is 9.59 Å². The summed E-state index contributed by atoms with van der Waals surface area (Å²) in [5.74, 6) is 0.0309. The third-order valence-corrected chi connectivity index (χ3v) is 9.31. The van der Waals surface area contributed by atoms with Gasteiger partial charge in [-0.05, 0) is 27.8 Å². The first-order chi connectivity index (χ1) is 31.7. The SMILES string of the molecule is O=C(NCCOCCOCCOCCOCCOCCOCCOCCOCCOCCOCCOCCNC(=O)OCC1c2ccccc2-c2ccccc21)OCc1ccccc1. The van der Waals surface area contributed by atoms with Crippen LogP contribution in [-0.2, 0) is 68.2 Å². The van der Waals surface area contributed by atoms with Gasteiger partial charge in [0.25, 0.3) is 0 Å². The van der Waals surface area contributed by atoms with Gasteiger partial charge in [-0.25, -0.2) is 9.59 Å². The summed E-state index contributed by atoms with van der Waals surface area (Å²) in [7, 11) is 0. The largest absolute Gasteiger partial charge is 0.449 e. The molecule has 0 aliphatic heterocycles. The smallest absolute Gasteiger partial charge is 0.407 e. The number of carbonyl (C=O) groups excluding carboxylic acids is 2. The Labute approximate surface area is 377 Å². The molecule has 64 heavy (non-hydrogen) atoms. The number of rotatable bonds is 40. The van der Waals surface area contributed by atoms with E-state index in [0.29, 0.717) is 158 Å². The van der Waals surface area contributed by atoms with Gasteiger partial charge in [-0.3, -0.25) is 0 Å². The first kappa shape index (κ1) is 52.4. The molecule has 0 heterocycles. The summed E-state index contributed by atoms with van der Waals surface area (Å²) in [5, 5.41) is 5.39. The Morgan fingerprint density at radius 2 is 0.656 bits per heavy atom. The summed E-state index contributed by atoms with van der Waals surface area (Å²) in [5.41, 5.74) is 5.69. The molecular weight excluding hydrogens is 833 g/mol. The van der Waals surface area contributed by atoms with Crippen molar-refractivity contribution in [2.24, 2.45) is 0 Å². The molecule has 4 rings (SSSR count). The average Bonchev–Trinajstić information content (AvgIpc) is 3.64. The van der Waals surface area contributed by atoms with E-state index in [9.17, 15) is 9.59 Å². The van der Waals surface area contributed by atoms with E-state index in [1.165, 1.54) is 22.3 Å². The standard InChI is InChI=1S/C47H68N2O15/c50-46(63-38-40-8-2-1-3-9-40)48-14-16-52-18-20-54-22-24-56-26-28-58-30-32-60-34-36-62-37-35-61-33-31-59-29-27-57-25-23-55-21-19-53-17-15-49-47(51)64-39-45-43-12-6-4-10-41(43)42-11-5-7-13-44(42)45/h1-13,45H,14-39H2,(H,48,50)(H,49,51). The highest BCUT2D eigenvalue weighted by Gasteiger charge is 2.29. The molecule has 0 unspecified atom stereocenters. The predicted octanol–water partition coefficient (Wildman–Crippen LogP) is 4.63. The lowest BCUT2D eigenvalue weighted by Gasteiger charge is -2.14. The van der Waals surface area contributed by atoms with Crippen molar-refractivity contribution in [2.45, 2.75) is 12.5 Å². The van der Waals surface area contributed by atoms with Gasteiger partial charge < -0.3 is 72.2 Å². The van der Waals surface area contributed by atoms with E-state index in [2.05, 4.69) is 34.9 Å². The molecular formula is C47H68N2O15. The number of benzene rings is 3. The molecule has 3 aromatic rings. The highest BCUT2D eigenvalue weighted by atomic mass is 16.6. The Balaban J connectivity index is 0.757. The van der Waals surface area contributed by atoms with Crippen LogP contribution in [0.5, 0.6) is 0 Å². The summed E-state index contributed by atoms with van der Waals surface area (Å²) in [6.07, 6.45) is -0.931. The van der Waals surface area contributed by atoms with Crippen molar-refractivity contribution >= 4 is 12.2 Å². The zero-order valence-electron chi connectivity index (χ0n) is 37.1. The average molecular weight is 901 g/mol. The van der Waals surface area contributed by atoms with E-state index in [-0.39, 0.29) is 19.1 Å². The summed E-state index contributed by atoms with van der Waals surface area (Å²) < 4.78 is 71.2. The van der Waals surface area contributed by atoms with Crippen molar-refractivity contribution in [3.8, 4) is 11.1 Å². The molecule has 0 radical (unpaired) electrons. The third-order valence-electron chi connectivity index (χ3n) is 9.31. The molecule has 0 saturated heterocycles. The Morgan fingerprint density at radius 1 is 0.359 bits per heavy atom. The second kappa shape index (κ2) is 36.0.